The highest BCUT2D eigenvalue weighted by atomic mass is 32.2. The molecule has 0 spiro atoms. The van der Waals surface area contributed by atoms with Crippen molar-refractivity contribution in [1.82, 2.24) is 0 Å². The van der Waals surface area contributed by atoms with Crippen LogP contribution in [0.15, 0.2) is 29.2 Å². The van der Waals surface area contributed by atoms with Crippen molar-refractivity contribution in [2.24, 2.45) is 0 Å². The summed E-state index contributed by atoms with van der Waals surface area (Å²) in [5.74, 6) is -5.55. The molecule has 0 aromatic heterocycles. The number of hydrogen-bond donors (Lipinski definition) is 0. The Kier molecular flexibility index (Phi) is 12.8. The lowest BCUT2D eigenvalue weighted by atomic mass is 9.87. The number of unbranched alkanes of at least 4 members (excludes halogenated alkanes) is 3. The van der Waals surface area contributed by atoms with Gasteiger partial charge in [0.1, 0.15) is 0 Å². The van der Waals surface area contributed by atoms with Gasteiger partial charge < -0.3 is 9.47 Å². The highest BCUT2D eigenvalue weighted by Crippen LogP contribution is 2.42. The van der Waals surface area contributed by atoms with Crippen LogP contribution >= 0.6 is 11.8 Å². The first-order valence-electron chi connectivity index (χ1n) is 12.9. The molecule has 10 heteroatoms. The van der Waals surface area contributed by atoms with E-state index in [1.165, 1.54) is 12.1 Å². The van der Waals surface area contributed by atoms with Gasteiger partial charge in [-0.2, -0.15) is 0 Å². The molecule has 0 aliphatic carbocycles. The number of hydrogen-bond acceptors (Lipinski definition) is 4. The second kappa shape index (κ2) is 15.3. The van der Waals surface area contributed by atoms with Gasteiger partial charge >= 0.3 is 12.3 Å². The minimum absolute atomic E-state index is 0.0588. The highest BCUT2D eigenvalue weighted by molar-refractivity contribution is 7.99. The summed E-state index contributed by atoms with van der Waals surface area (Å²) in [4.78, 5) is 11.3. The molecule has 0 aliphatic rings. The van der Waals surface area contributed by atoms with Gasteiger partial charge in [0, 0.05) is 16.9 Å². The predicted octanol–water partition coefficient (Wildman–Crippen LogP) is 9.57. The van der Waals surface area contributed by atoms with E-state index in [1.54, 1.807) is 6.92 Å². The van der Waals surface area contributed by atoms with Crippen molar-refractivity contribution in [2.45, 2.75) is 89.3 Å². The van der Waals surface area contributed by atoms with Crippen molar-refractivity contribution in [1.29, 1.82) is 0 Å². The molecule has 0 bridgehead atoms. The molecule has 38 heavy (non-hydrogen) atoms. The second-order valence-corrected chi connectivity index (χ2v) is 9.98. The molecule has 3 nitrogen and oxygen atoms in total. The fourth-order valence-corrected chi connectivity index (χ4v) is 5.31. The van der Waals surface area contributed by atoms with Crippen LogP contribution < -0.4 is 4.74 Å². The quantitative estimate of drug-likeness (QED) is 0.0934. The molecule has 2 rings (SSSR count). The number of thioether (sulfide) groups is 1. The average Bonchev–Trinajstić information content (AvgIpc) is 2.85. The molecule has 1 unspecified atom stereocenters. The maximum Gasteiger partial charge on any atom is 0.573 e. The first-order valence-corrected chi connectivity index (χ1v) is 13.9. The van der Waals surface area contributed by atoms with E-state index in [0.717, 1.165) is 44.2 Å². The SMILES string of the molecule is CCCCCCC(CCC)c1ccc(-c2ccc(OC(F)(F)F)c(F)c2SCCC(=O)OCC)c(F)c1F. The summed E-state index contributed by atoms with van der Waals surface area (Å²) in [5.41, 5.74) is -0.189. The van der Waals surface area contributed by atoms with Gasteiger partial charge in [-0.1, -0.05) is 58.1 Å². The Morgan fingerprint density at radius 3 is 2.21 bits per heavy atom. The molecule has 0 aliphatic heterocycles. The molecule has 0 N–H and O–H groups in total. The Hall–Kier alpha value is -2.36. The zero-order chi connectivity index (χ0) is 28.3. The summed E-state index contributed by atoms with van der Waals surface area (Å²) in [7, 11) is 0. The van der Waals surface area contributed by atoms with E-state index in [2.05, 4.69) is 11.7 Å². The summed E-state index contributed by atoms with van der Waals surface area (Å²) in [6, 6.07) is 4.59. The summed E-state index contributed by atoms with van der Waals surface area (Å²) in [6.45, 7) is 5.80. The average molecular weight is 565 g/mol. The Morgan fingerprint density at radius 2 is 1.58 bits per heavy atom. The first kappa shape index (κ1) is 31.9. The largest absolute Gasteiger partial charge is 0.573 e. The van der Waals surface area contributed by atoms with Gasteiger partial charge in [0.05, 0.1) is 17.9 Å². The fourth-order valence-electron chi connectivity index (χ4n) is 4.27. The smallest absolute Gasteiger partial charge is 0.466 e. The van der Waals surface area contributed by atoms with Crippen LogP contribution in [0.5, 0.6) is 5.75 Å². The van der Waals surface area contributed by atoms with E-state index in [9.17, 15) is 18.0 Å². The van der Waals surface area contributed by atoms with Crippen LogP contribution in [0, 0.1) is 17.5 Å². The molecule has 1 atom stereocenters. The van der Waals surface area contributed by atoms with Gasteiger partial charge in [0.15, 0.2) is 23.2 Å². The number of carbonyl (C=O) groups excluding carboxylic acids is 1. The number of carbonyl (C=O) groups is 1. The van der Waals surface area contributed by atoms with Gasteiger partial charge in [0.25, 0.3) is 0 Å². The van der Waals surface area contributed by atoms with Gasteiger partial charge in [-0.3, -0.25) is 4.79 Å². The number of benzene rings is 2. The molecule has 0 heterocycles. The standard InChI is InChI=1S/C28H34F6O3S/c1-4-7-8-9-11-18(10-5-2)19-12-13-20(25(30)24(19)29)21-14-15-22(37-28(32,33)34)26(31)27(21)38-17-16-23(35)36-6-3/h12-15,18H,4-11,16-17H2,1-3H3. The van der Waals surface area contributed by atoms with E-state index in [0.29, 0.717) is 24.6 Å². The molecule has 212 valence electrons. The molecule has 0 radical (unpaired) electrons. The number of halogens is 6. The van der Waals surface area contributed by atoms with Crippen molar-refractivity contribution < 1.29 is 40.6 Å². The van der Waals surface area contributed by atoms with Crippen molar-refractivity contribution in [3.8, 4) is 16.9 Å². The van der Waals surface area contributed by atoms with Crippen molar-refractivity contribution in [3.63, 3.8) is 0 Å². The minimum atomic E-state index is -5.15. The normalized spacial score (nSPS) is 12.4. The lowest BCUT2D eigenvalue weighted by molar-refractivity contribution is -0.275. The molecule has 2 aromatic carbocycles. The molecule has 0 saturated carbocycles. The third-order valence-electron chi connectivity index (χ3n) is 6.03. The van der Waals surface area contributed by atoms with E-state index >= 15 is 13.2 Å². The van der Waals surface area contributed by atoms with Gasteiger partial charge in [-0.25, -0.2) is 13.2 Å². The predicted molar refractivity (Wildman–Crippen MR) is 137 cm³/mol. The number of ether oxygens (including phenoxy) is 2. The van der Waals surface area contributed by atoms with Crippen LogP contribution in [0.25, 0.3) is 11.1 Å². The van der Waals surface area contributed by atoms with E-state index in [4.69, 9.17) is 4.74 Å². The Balaban J connectivity index is 2.47. The second-order valence-electron chi connectivity index (χ2n) is 8.87. The maximum atomic E-state index is 15.4. The van der Waals surface area contributed by atoms with Crippen LogP contribution in [0.2, 0.25) is 0 Å². The van der Waals surface area contributed by atoms with Crippen LogP contribution in [0.1, 0.15) is 83.6 Å². The fraction of sp³-hybridized carbons (Fsp3) is 0.536. The topological polar surface area (TPSA) is 35.5 Å². The third-order valence-corrected chi connectivity index (χ3v) is 7.13. The number of esters is 1. The van der Waals surface area contributed by atoms with Crippen LogP contribution in [0.4, 0.5) is 26.3 Å². The minimum Gasteiger partial charge on any atom is -0.466 e. The zero-order valence-corrected chi connectivity index (χ0v) is 22.7. The van der Waals surface area contributed by atoms with Crippen molar-refractivity contribution >= 4 is 17.7 Å². The molecular weight excluding hydrogens is 530 g/mol. The Morgan fingerprint density at radius 1 is 0.868 bits per heavy atom. The molecule has 0 saturated heterocycles. The van der Waals surface area contributed by atoms with Gasteiger partial charge in [-0.15, -0.1) is 24.9 Å². The third kappa shape index (κ3) is 9.13. The summed E-state index contributed by atoms with van der Waals surface area (Å²) in [5, 5.41) is 0. The van der Waals surface area contributed by atoms with Crippen LogP contribution in [-0.2, 0) is 9.53 Å². The monoisotopic (exact) mass is 564 g/mol. The van der Waals surface area contributed by atoms with E-state index in [1.807, 2.05) is 6.92 Å². The molecule has 0 amide bonds. The van der Waals surface area contributed by atoms with Gasteiger partial charge in [0.2, 0.25) is 0 Å². The highest BCUT2D eigenvalue weighted by Gasteiger charge is 2.34. The molecule has 2 aromatic rings. The summed E-state index contributed by atoms with van der Waals surface area (Å²) in [6.07, 6.45) is 0.851. The Labute approximate surface area is 224 Å². The van der Waals surface area contributed by atoms with Crippen molar-refractivity contribution in [2.75, 3.05) is 12.4 Å². The van der Waals surface area contributed by atoms with Crippen LogP contribution in [-0.4, -0.2) is 24.7 Å². The maximum absolute atomic E-state index is 15.4. The summed E-state index contributed by atoms with van der Waals surface area (Å²) >= 11 is 0.699. The summed E-state index contributed by atoms with van der Waals surface area (Å²) < 4.78 is 92.9. The lowest BCUT2D eigenvalue weighted by Gasteiger charge is -2.20. The van der Waals surface area contributed by atoms with E-state index in [-0.39, 0.29) is 46.3 Å². The van der Waals surface area contributed by atoms with Crippen molar-refractivity contribution in [3.05, 3.63) is 47.3 Å². The molecular formula is C28H34F6O3S. The number of rotatable bonds is 15. The first-order chi connectivity index (χ1) is 18.0. The number of alkyl halides is 3. The van der Waals surface area contributed by atoms with Gasteiger partial charge in [-0.05, 0) is 43.4 Å². The lowest BCUT2D eigenvalue weighted by Crippen LogP contribution is -2.18. The van der Waals surface area contributed by atoms with E-state index < -0.39 is 35.5 Å². The zero-order valence-electron chi connectivity index (χ0n) is 21.9. The Bertz CT molecular complexity index is 1060. The molecule has 0 fully saturated rings. The van der Waals surface area contributed by atoms with Crippen LogP contribution in [0.3, 0.4) is 0 Å².